The van der Waals surface area contributed by atoms with Crippen molar-refractivity contribution in [2.75, 3.05) is 18.5 Å². The molecule has 0 bridgehead atoms. The molecule has 194 valence electrons. The molecule has 8 nitrogen and oxygen atoms in total. The van der Waals surface area contributed by atoms with E-state index in [1.807, 2.05) is 0 Å². The zero-order chi connectivity index (χ0) is 24.2. The van der Waals surface area contributed by atoms with Gasteiger partial charge in [0.05, 0.1) is 6.10 Å². The van der Waals surface area contributed by atoms with Gasteiger partial charge in [-0.05, 0) is 60.9 Å². The van der Waals surface area contributed by atoms with Crippen LogP contribution in [0.4, 0.5) is 5.69 Å². The molecule has 0 aromatic heterocycles. The second-order valence-corrected chi connectivity index (χ2v) is 12.1. The SMILES string of the molecule is CC(C)[C@]12O[C@H]1[C@@H]1O[C@]13[C@]1(O[C@H]1C[C@H]1C4=C(CC[C@@]13C)C(=O)OC4)[C@]2(O)CNc1ccc(O)cc1.[Cl-]. The molecule has 2 spiro atoms. The predicted molar refractivity (Wildman–Crippen MR) is 123 cm³/mol. The Morgan fingerprint density at radius 1 is 1.11 bits per heavy atom. The van der Waals surface area contributed by atoms with Gasteiger partial charge < -0.3 is 46.9 Å². The lowest BCUT2D eigenvalue weighted by atomic mass is 9.44. The van der Waals surface area contributed by atoms with Crippen LogP contribution in [-0.4, -0.2) is 70.1 Å². The number of aliphatic hydroxyl groups is 1. The molecular weight excluding hydrogens is 486 g/mol. The molecule has 3 saturated heterocycles. The molecule has 2 saturated carbocycles. The van der Waals surface area contributed by atoms with Crippen molar-refractivity contribution >= 4 is 11.7 Å². The van der Waals surface area contributed by atoms with Crippen LogP contribution in [-0.2, 0) is 23.7 Å². The Morgan fingerprint density at radius 2 is 1.86 bits per heavy atom. The van der Waals surface area contributed by atoms with E-state index >= 15 is 0 Å². The lowest BCUT2D eigenvalue weighted by molar-refractivity contribution is -0.159. The van der Waals surface area contributed by atoms with Crippen molar-refractivity contribution in [3.05, 3.63) is 35.4 Å². The Bertz CT molecular complexity index is 1220. The molecule has 7 aliphatic rings. The number of aromatic hydroxyl groups is 1. The number of hydrogen-bond acceptors (Lipinski definition) is 8. The van der Waals surface area contributed by atoms with E-state index in [-0.39, 0.29) is 66.2 Å². The van der Waals surface area contributed by atoms with Gasteiger partial charge >= 0.3 is 5.97 Å². The molecule has 1 aromatic rings. The van der Waals surface area contributed by atoms with Crippen LogP contribution in [0.3, 0.4) is 0 Å². The van der Waals surface area contributed by atoms with E-state index in [4.69, 9.17) is 18.9 Å². The molecule has 8 rings (SSSR count). The summed E-state index contributed by atoms with van der Waals surface area (Å²) in [5.41, 5.74) is -1.15. The second-order valence-electron chi connectivity index (χ2n) is 12.1. The first-order valence-corrected chi connectivity index (χ1v) is 12.8. The van der Waals surface area contributed by atoms with E-state index in [1.165, 1.54) is 0 Å². The Hall–Kier alpha value is -1.84. The molecule has 4 heterocycles. The van der Waals surface area contributed by atoms with Crippen LogP contribution in [0.1, 0.15) is 40.0 Å². The summed E-state index contributed by atoms with van der Waals surface area (Å²) in [4.78, 5) is 12.3. The number of phenols is 1. The van der Waals surface area contributed by atoms with Gasteiger partial charge in [-0.2, -0.15) is 0 Å². The van der Waals surface area contributed by atoms with E-state index in [2.05, 4.69) is 26.1 Å². The molecule has 9 heteroatoms. The number of nitrogens with one attached hydrogen (secondary N) is 1. The Kier molecular flexibility index (Phi) is 4.26. The maximum Gasteiger partial charge on any atom is 0.334 e. The number of fused-ring (bicyclic) bond motifs is 4. The van der Waals surface area contributed by atoms with Crippen LogP contribution in [0.25, 0.3) is 0 Å². The van der Waals surface area contributed by atoms with Crippen LogP contribution in [0.5, 0.6) is 5.75 Å². The summed E-state index contributed by atoms with van der Waals surface area (Å²) in [6.45, 7) is 7.07. The lowest BCUT2D eigenvalue weighted by Crippen LogP contribution is -3.00. The maximum absolute atomic E-state index is 12.8. The third-order valence-electron chi connectivity index (χ3n) is 10.8. The van der Waals surface area contributed by atoms with Gasteiger partial charge in [0.15, 0.2) is 5.60 Å². The van der Waals surface area contributed by atoms with Crippen molar-refractivity contribution in [3.63, 3.8) is 0 Å². The number of benzene rings is 1. The van der Waals surface area contributed by atoms with Gasteiger partial charge in [0, 0.05) is 23.2 Å². The highest BCUT2D eigenvalue weighted by molar-refractivity contribution is 5.92. The molecule has 1 aromatic carbocycles. The van der Waals surface area contributed by atoms with Crippen molar-refractivity contribution in [2.45, 2.75) is 80.7 Å². The van der Waals surface area contributed by atoms with E-state index in [9.17, 15) is 15.0 Å². The first kappa shape index (κ1) is 23.3. The van der Waals surface area contributed by atoms with Gasteiger partial charge in [-0.1, -0.05) is 20.8 Å². The summed E-state index contributed by atoms with van der Waals surface area (Å²) >= 11 is 0. The van der Waals surface area contributed by atoms with Crippen LogP contribution in [0, 0.1) is 17.3 Å². The average molecular weight is 517 g/mol. The Morgan fingerprint density at radius 3 is 2.58 bits per heavy atom. The third-order valence-corrected chi connectivity index (χ3v) is 10.8. The molecule has 9 atom stereocenters. The number of rotatable bonds is 4. The zero-order valence-electron chi connectivity index (χ0n) is 20.5. The fraction of sp³-hybridized carbons (Fsp3) is 0.667. The summed E-state index contributed by atoms with van der Waals surface area (Å²) in [7, 11) is 0. The molecule has 0 unspecified atom stereocenters. The quantitative estimate of drug-likeness (QED) is 0.273. The summed E-state index contributed by atoms with van der Waals surface area (Å²) < 4.78 is 25.3. The summed E-state index contributed by atoms with van der Waals surface area (Å²) in [6.07, 6.45) is 1.70. The van der Waals surface area contributed by atoms with E-state index < -0.39 is 22.4 Å². The van der Waals surface area contributed by atoms with Crippen LogP contribution in [0.15, 0.2) is 35.4 Å². The normalized spacial score (nSPS) is 50.4. The lowest BCUT2D eigenvalue weighted by Gasteiger charge is -2.56. The van der Waals surface area contributed by atoms with Crippen molar-refractivity contribution in [1.82, 2.24) is 0 Å². The highest BCUT2D eigenvalue weighted by atomic mass is 35.5. The highest BCUT2D eigenvalue weighted by Gasteiger charge is 3.04. The van der Waals surface area contributed by atoms with Gasteiger partial charge in [0.1, 0.15) is 41.4 Å². The van der Waals surface area contributed by atoms with Crippen molar-refractivity contribution < 1.29 is 46.4 Å². The van der Waals surface area contributed by atoms with Gasteiger partial charge in [-0.25, -0.2) is 4.79 Å². The monoisotopic (exact) mass is 516 g/mol. The minimum atomic E-state index is -1.32. The Balaban J connectivity index is 0.00000220. The molecule has 0 amide bonds. The number of hydrogen-bond donors (Lipinski definition) is 3. The predicted octanol–water partition coefficient (Wildman–Crippen LogP) is -0.705. The summed E-state index contributed by atoms with van der Waals surface area (Å²) in [5.74, 6) is 0.208. The third kappa shape index (κ3) is 2.16. The molecule has 36 heavy (non-hydrogen) atoms. The van der Waals surface area contributed by atoms with Crippen LogP contribution >= 0.6 is 0 Å². The average Bonchev–Trinajstić information content (AvgIpc) is 3.72. The van der Waals surface area contributed by atoms with Crippen LogP contribution in [0.2, 0.25) is 0 Å². The summed E-state index contributed by atoms with van der Waals surface area (Å²) in [5, 5.41) is 25.9. The fourth-order valence-electron chi connectivity index (χ4n) is 9.16. The number of esters is 1. The van der Waals surface area contributed by atoms with Gasteiger partial charge in [0.25, 0.3) is 0 Å². The van der Waals surface area contributed by atoms with Crippen LogP contribution < -0.4 is 17.7 Å². The second kappa shape index (κ2) is 6.59. The van der Waals surface area contributed by atoms with Crippen molar-refractivity contribution in [1.29, 1.82) is 0 Å². The number of halogens is 1. The number of carbonyl (C=O) groups is 1. The minimum absolute atomic E-state index is 0. The topological polar surface area (TPSA) is 116 Å². The number of phenolic OH excluding ortho intramolecular Hbond substituents is 1. The number of cyclic esters (lactones) is 1. The molecule has 4 aliphatic heterocycles. The fourth-order valence-corrected chi connectivity index (χ4v) is 9.16. The standard InChI is InChI=1S/C27H31NO7.ClH/c1-13(2)25-20(34-25)21-27(35-21)23(3)9-8-16-17(11-32-22(16)30)18(23)10-19-26(27,33-19)24(25,31)12-28-14-4-6-15(29)7-5-14;/h4-7,13,18-21,28-29,31H,8-12H2,1-3H3;1H/p-1/t18-,19-,20-,21-,23-,24-,25-,26+,27+;/m0./s1. The van der Waals surface area contributed by atoms with Crippen molar-refractivity contribution in [3.8, 4) is 5.75 Å². The molecule has 3 N–H and O–H groups in total. The smallest absolute Gasteiger partial charge is 0.334 e. The highest BCUT2D eigenvalue weighted by Crippen LogP contribution is 2.85. The number of ether oxygens (including phenoxy) is 4. The van der Waals surface area contributed by atoms with Gasteiger partial charge in [0.2, 0.25) is 0 Å². The maximum atomic E-state index is 12.8. The van der Waals surface area contributed by atoms with E-state index in [0.29, 0.717) is 13.0 Å². The van der Waals surface area contributed by atoms with Gasteiger partial charge in [-0.15, -0.1) is 0 Å². The molecule has 0 radical (unpaired) electrons. The Labute approximate surface area is 215 Å². The molecule has 5 fully saturated rings. The number of anilines is 1. The van der Waals surface area contributed by atoms with Gasteiger partial charge in [-0.3, -0.25) is 0 Å². The molecule has 3 aliphatic carbocycles. The summed E-state index contributed by atoms with van der Waals surface area (Å²) in [6, 6.07) is 6.86. The molecular formula is C27H31ClNO7-. The number of carbonyl (C=O) groups excluding carboxylic acids is 1. The largest absolute Gasteiger partial charge is 1.00 e. The van der Waals surface area contributed by atoms with Crippen molar-refractivity contribution in [2.24, 2.45) is 17.3 Å². The minimum Gasteiger partial charge on any atom is -1.00 e. The number of epoxide rings is 3. The zero-order valence-corrected chi connectivity index (χ0v) is 21.3. The first-order chi connectivity index (χ1) is 16.7. The van der Waals surface area contributed by atoms with E-state index in [1.54, 1.807) is 24.3 Å². The first-order valence-electron chi connectivity index (χ1n) is 12.8. The van der Waals surface area contributed by atoms with E-state index in [0.717, 1.165) is 29.7 Å².